The average Bonchev–Trinajstić information content (AvgIpc) is 2.81. The molecule has 0 spiro atoms. The summed E-state index contributed by atoms with van der Waals surface area (Å²) in [5.41, 5.74) is 3.70. The normalized spacial score (nSPS) is 13.1. The molecule has 1 aromatic heterocycles. The van der Waals surface area contributed by atoms with Gasteiger partial charge in [0.1, 0.15) is 0 Å². The molecule has 0 atom stereocenters. The molecule has 0 fully saturated rings. The lowest BCUT2D eigenvalue weighted by Crippen LogP contribution is -2.19. The molecule has 2 heterocycles. The van der Waals surface area contributed by atoms with E-state index in [4.69, 9.17) is 5.11 Å². The maximum atomic E-state index is 9.07. The fourth-order valence-electron chi connectivity index (χ4n) is 2.30. The molecule has 1 N–H and O–H groups in total. The Morgan fingerprint density at radius 2 is 1.94 bits per heavy atom. The van der Waals surface area contributed by atoms with Crippen LogP contribution in [0.1, 0.15) is 16.9 Å². The molecule has 0 amide bonds. The third-order valence-corrected chi connectivity index (χ3v) is 4.02. The molecule has 2 nitrogen and oxygen atoms in total. The highest BCUT2D eigenvalue weighted by Gasteiger charge is 2.17. The van der Waals surface area contributed by atoms with Crippen LogP contribution in [0.25, 0.3) is 12.2 Å². The Balaban J connectivity index is 2.09. The SMILES string of the molecule is OCCCN1c2ccccc2C=Cc2sccc21. The molecule has 1 aromatic carbocycles. The molecule has 3 heteroatoms. The minimum Gasteiger partial charge on any atom is -0.396 e. The van der Waals surface area contributed by atoms with Gasteiger partial charge in [0.15, 0.2) is 0 Å². The van der Waals surface area contributed by atoms with E-state index < -0.39 is 0 Å². The zero-order chi connectivity index (χ0) is 12.4. The Morgan fingerprint density at radius 3 is 2.83 bits per heavy atom. The monoisotopic (exact) mass is 257 g/mol. The molecule has 0 radical (unpaired) electrons. The van der Waals surface area contributed by atoms with Crippen molar-refractivity contribution in [3.8, 4) is 0 Å². The third-order valence-electron chi connectivity index (χ3n) is 3.15. The predicted molar refractivity (Wildman–Crippen MR) is 78.4 cm³/mol. The Labute approximate surface area is 111 Å². The third kappa shape index (κ3) is 1.96. The highest BCUT2D eigenvalue weighted by Crippen LogP contribution is 2.38. The van der Waals surface area contributed by atoms with Gasteiger partial charge in [-0.2, -0.15) is 0 Å². The van der Waals surface area contributed by atoms with E-state index in [0.29, 0.717) is 0 Å². The van der Waals surface area contributed by atoms with Gasteiger partial charge in [-0.05, 0) is 35.6 Å². The fraction of sp³-hybridized carbons (Fsp3) is 0.200. The topological polar surface area (TPSA) is 23.5 Å². The molecule has 0 unspecified atom stereocenters. The minimum atomic E-state index is 0.228. The van der Waals surface area contributed by atoms with E-state index in [2.05, 4.69) is 52.8 Å². The van der Waals surface area contributed by atoms with Gasteiger partial charge < -0.3 is 10.0 Å². The summed E-state index contributed by atoms with van der Waals surface area (Å²) in [7, 11) is 0. The summed E-state index contributed by atoms with van der Waals surface area (Å²) in [5, 5.41) is 11.2. The Bertz CT molecular complexity index is 573. The molecule has 3 rings (SSSR count). The number of anilines is 2. The first-order valence-electron chi connectivity index (χ1n) is 6.13. The first-order chi connectivity index (χ1) is 8.90. The fourth-order valence-corrected chi connectivity index (χ4v) is 3.09. The first kappa shape index (κ1) is 11.5. The number of thiophene rings is 1. The Kier molecular flexibility index (Phi) is 3.17. The van der Waals surface area contributed by atoms with Gasteiger partial charge in [0.25, 0.3) is 0 Å². The number of para-hydroxylation sites is 1. The van der Waals surface area contributed by atoms with Crippen LogP contribution in [0, 0.1) is 0 Å². The van der Waals surface area contributed by atoms with Crippen LogP contribution in [0.15, 0.2) is 35.7 Å². The summed E-state index contributed by atoms with van der Waals surface area (Å²) >= 11 is 1.76. The van der Waals surface area contributed by atoms with Gasteiger partial charge in [-0.1, -0.05) is 24.3 Å². The van der Waals surface area contributed by atoms with Crippen molar-refractivity contribution in [2.24, 2.45) is 0 Å². The van der Waals surface area contributed by atoms with Crippen LogP contribution in [0.5, 0.6) is 0 Å². The minimum absolute atomic E-state index is 0.228. The van der Waals surface area contributed by atoms with Gasteiger partial charge in [0, 0.05) is 18.8 Å². The van der Waals surface area contributed by atoms with E-state index in [0.717, 1.165) is 13.0 Å². The van der Waals surface area contributed by atoms with Crippen molar-refractivity contribution in [2.75, 3.05) is 18.1 Å². The van der Waals surface area contributed by atoms with Crippen molar-refractivity contribution >= 4 is 34.9 Å². The van der Waals surface area contributed by atoms with E-state index in [1.165, 1.54) is 21.8 Å². The number of fused-ring (bicyclic) bond motifs is 2. The highest BCUT2D eigenvalue weighted by atomic mass is 32.1. The lowest BCUT2D eigenvalue weighted by molar-refractivity contribution is 0.291. The van der Waals surface area contributed by atoms with Crippen LogP contribution in [-0.4, -0.2) is 18.3 Å². The molecule has 92 valence electrons. The number of aliphatic hydroxyl groups is 1. The maximum Gasteiger partial charge on any atom is 0.0594 e. The van der Waals surface area contributed by atoms with Gasteiger partial charge in [-0.25, -0.2) is 0 Å². The zero-order valence-corrected chi connectivity index (χ0v) is 10.9. The van der Waals surface area contributed by atoms with Gasteiger partial charge in [-0.3, -0.25) is 0 Å². The second-order valence-corrected chi connectivity index (χ2v) is 5.24. The molecule has 0 aliphatic carbocycles. The summed E-state index contributed by atoms with van der Waals surface area (Å²) < 4.78 is 0. The smallest absolute Gasteiger partial charge is 0.0594 e. The molecule has 1 aliphatic rings. The summed E-state index contributed by atoms with van der Waals surface area (Å²) in [6.07, 6.45) is 5.13. The van der Waals surface area contributed by atoms with Crippen LogP contribution in [0.3, 0.4) is 0 Å². The lowest BCUT2D eigenvalue weighted by Gasteiger charge is -2.25. The Morgan fingerprint density at radius 1 is 1.06 bits per heavy atom. The lowest BCUT2D eigenvalue weighted by atomic mass is 10.1. The molecule has 2 aromatic rings. The Hall–Kier alpha value is -1.58. The number of aliphatic hydroxyl groups excluding tert-OH is 1. The van der Waals surface area contributed by atoms with E-state index >= 15 is 0 Å². The van der Waals surface area contributed by atoms with Gasteiger partial charge in [-0.15, -0.1) is 11.3 Å². The zero-order valence-electron chi connectivity index (χ0n) is 10.0. The van der Waals surface area contributed by atoms with Crippen molar-refractivity contribution in [3.05, 3.63) is 46.2 Å². The molecule has 0 bridgehead atoms. The van der Waals surface area contributed by atoms with E-state index in [1.54, 1.807) is 11.3 Å². The van der Waals surface area contributed by atoms with Crippen molar-refractivity contribution in [1.82, 2.24) is 0 Å². The van der Waals surface area contributed by atoms with Crippen LogP contribution in [-0.2, 0) is 0 Å². The number of nitrogens with zero attached hydrogens (tertiary/aromatic N) is 1. The molecule has 1 aliphatic heterocycles. The number of benzene rings is 1. The average molecular weight is 257 g/mol. The number of hydrogen-bond donors (Lipinski definition) is 1. The van der Waals surface area contributed by atoms with Crippen LogP contribution < -0.4 is 4.90 Å². The van der Waals surface area contributed by atoms with Crippen molar-refractivity contribution in [3.63, 3.8) is 0 Å². The standard InChI is InChI=1S/C15H15NOS/c17-10-3-9-16-13-5-2-1-4-12(13)6-7-15-14(16)8-11-18-15/h1-2,4-8,11,17H,3,9-10H2. The number of hydrogen-bond acceptors (Lipinski definition) is 3. The first-order valence-corrected chi connectivity index (χ1v) is 7.01. The molecule has 0 saturated carbocycles. The molecule has 0 saturated heterocycles. The van der Waals surface area contributed by atoms with Gasteiger partial charge in [0.05, 0.1) is 10.6 Å². The van der Waals surface area contributed by atoms with E-state index in [1.807, 2.05) is 0 Å². The summed E-state index contributed by atoms with van der Waals surface area (Å²) in [5.74, 6) is 0. The second-order valence-electron chi connectivity index (χ2n) is 4.29. The quantitative estimate of drug-likeness (QED) is 0.905. The van der Waals surface area contributed by atoms with Crippen molar-refractivity contribution < 1.29 is 5.11 Å². The summed E-state index contributed by atoms with van der Waals surface area (Å²) in [4.78, 5) is 3.58. The summed E-state index contributed by atoms with van der Waals surface area (Å²) in [6, 6.07) is 10.6. The van der Waals surface area contributed by atoms with Gasteiger partial charge in [0.2, 0.25) is 0 Å². The number of rotatable bonds is 3. The molecular weight excluding hydrogens is 242 g/mol. The van der Waals surface area contributed by atoms with Crippen LogP contribution in [0.4, 0.5) is 11.4 Å². The molecular formula is C15H15NOS. The van der Waals surface area contributed by atoms with Crippen molar-refractivity contribution in [1.29, 1.82) is 0 Å². The second kappa shape index (κ2) is 4.96. The van der Waals surface area contributed by atoms with Crippen LogP contribution >= 0.6 is 11.3 Å². The van der Waals surface area contributed by atoms with Crippen molar-refractivity contribution in [2.45, 2.75) is 6.42 Å². The van der Waals surface area contributed by atoms with Gasteiger partial charge >= 0.3 is 0 Å². The predicted octanol–water partition coefficient (Wildman–Crippen LogP) is 3.75. The highest BCUT2D eigenvalue weighted by molar-refractivity contribution is 7.11. The van der Waals surface area contributed by atoms with E-state index in [9.17, 15) is 0 Å². The van der Waals surface area contributed by atoms with E-state index in [-0.39, 0.29) is 6.61 Å². The molecule has 18 heavy (non-hydrogen) atoms. The van der Waals surface area contributed by atoms with Crippen LogP contribution in [0.2, 0.25) is 0 Å². The maximum absolute atomic E-state index is 9.07. The summed E-state index contributed by atoms with van der Waals surface area (Å²) in [6.45, 7) is 1.07. The largest absolute Gasteiger partial charge is 0.396 e.